The Morgan fingerprint density at radius 1 is 1.04 bits per heavy atom. The van der Waals surface area contributed by atoms with E-state index in [9.17, 15) is 9.59 Å². The number of anilines is 2. The van der Waals surface area contributed by atoms with Crippen molar-refractivity contribution in [2.24, 2.45) is 0 Å². The van der Waals surface area contributed by atoms with E-state index in [0.717, 1.165) is 22.5 Å². The van der Waals surface area contributed by atoms with Crippen molar-refractivity contribution in [3.8, 4) is 0 Å². The van der Waals surface area contributed by atoms with Gasteiger partial charge in [0.25, 0.3) is 0 Å². The number of ether oxygens (including phenoxy) is 1. The second-order valence-corrected chi connectivity index (χ2v) is 5.29. The first-order valence-corrected chi connectivity index (χ1v) is 7.29. The van der Waals surface area contributed by atoms with Gasteiger partial charge in [-0.25, -0.2) is 4.79 Å². The van der Waals surface area contributed by atoms with Gasteiger partial charge in [0.2, 0.25) is 5.91 Å². The highest BCUT2D eigenvalue weighted by Gasteiger charge is 2.09. The number of esters is 1. The number of amides is 1. The predicted octanol–water partition coefficient (Wildman–Crippen LogP) is 3.14. The molecule has 0 aromatic heterocycles. The fourth-order valence-corrected chi connectivity index (χ4v) is 2.07. The van der Waals surface area contributed by atoms with Crippen molar-refractivity contribution in [3.63, 3.8) is 0 Å². The van der Waals surface area contributed by atoms with Crippen LogP contribution in [-0.4, -0.2) is 25.5 Å². The highest BCUT2D eigenvalue weighted by Crippen LogP contribution is 2.17. The molecule has 0 aliphatic rings. The first-order chi connectivity index (χ1) is 11.0. The molecule has 2 N–H and O–H groups in total. The zero-order chi connectivity index (χ0) is 16.8. The second kappa shape index (κ2) is 7.45. The van der Waals surface area contributed by atoms with E-state index in [4.69, 9.17) is 4.74 Å². The molecule has 5 nitrogen and oxygen atoms in total. The third kappa shape index (κ3) is 4.57. The number of carbonyl (C=O) groups is 2. The van der Waals surface area contributed by atoms with Crippen molar-refractivity contribution in [1.29, 1.82) is 0 Å². The lowest BCUT2D eigenvalue weighted by molar-refractivity contribution is -0.114. The maximum absolute atomic E-state index is 12.0. The SMILES string of the molecule is COC(=O)c1ccc(C)c(NCC(=O)Nc2ccc(C)cc2)c1. The summed E-state index contributed by atoms with van der Waals surface area (Å²) in [7, 11) is 1.34. The molecular weight excluding hydrogens is 292 g/mol. The summed E-state index contributed by atoms with van der Waals surface area (Å²) in [5.74, 6) is -0.561. The smallest absolute Gasteiger partial charge is 0.337 e. The fraction of sp³-hybridized carbons (Fsp3) is 0.222. The Kier molecular flexibility index (Phi) is 5.36. The van der Waals surface area contributed by atoms with E-state index >= 15 is 0 Å². The number of benzene rings is 2. The maximum atomic E-state index is 12.0. The van der Waals surface area contributed by atoms with E-state index in [2.05, 4.69) is 10.6 Å². The van der Waals surface area contributed by atoms with Gasteiger partial charge in [-0.15, -0.1) is 0 Å². The molecule has 2 aromatic carbocycles. The molecule has 5 heteroatoms. The van der Waals surface area contributed by atoms with E-state index in [1.165, 1.54) is 7.11 Å². The van der Waals surface area contributed by atoms with Crippen molar-refractivity contribution < 1.29 is 14.3 Å². The minimum absolute atomic E-state index is 0.110. The Bertz CT molecular complexity index is 709. The predicted molar refractivity (Wildman–Crippen MR) is 90.8 cm³/mol. The van der Waals surface area contributed by atoms with E-state index in [1.807, 2.05) is 44.2 Å². The van der Waals surface area contributed by atoms with Gasteiger partial charge in [-0.1, -0.05) is 23.8 Å². The average molecular weight is 312 g/mol. The minimum atomic E-state index is -0.405. The molecule has 0 bridgehead atoms. The summed E-state index contributed by atoms with van der Waals surface area (Å²) in [4.78, 5) is 23.5. The molecule has 0 spiro atoms. The third-order valence-corrected chi connectivity index (χ3v) is 3.43. The molecule has 0 radical (unpaired) electrons. The molecule has 0 saturated carbocycles. The standard InChI is InChI=1S/C18H20N2O3/c1-12-4-8-15(9-5-12)20-17(21)11-19-16-10-14(18(22)23-3)7-6-13(16)2/h4-10,19H,11H2,1-3H3,(H,20,21). The molecule has 2 aromatic rings. The van der Waals surface area contributed by atoms with E-state index in [0.29, 0.717) is 5.56 Å². The Balaban J connectivity index is 1.98. The lowest BCUT2D eigenvalue weighted by Crippen LogP contribution is -2.22. The van der Waals surface area contributed by atoms with Gasteiger partial charge in [0.15, 0.2) is 0 Å². The molecule has 23 heavy (non-hydrogen) atoms. The van der Waals surface area contributed by atoms with Crippen molar-refractivity contribution in [1.82, 2.24) is 0 Å². The lowest BCUT2D eigenvalue weighted by atomic mass is 10.1. The van der Waals surface area contributed by atoms with Crippen molar-refractivity contribution in [2.75, 3.05) is 24.3 Å². The van der Waals surface area contributed by atoms with E-state index in [-0.39, 0.29) is 12.5 Å². The van der Waals surface area contributed by atoms with Crippen molar-refractivity contribution in [3.05, 3.63) is 59.2 Å². The monoisotopic (exact) mass is 312 g/mol. The van der Waals surface area contributed by atoms with Crippen LogP contribution >= 0.6 is 0 Å². The first-order valence-electron chi connectivity index (χ1n) is 7.29. The quantitative estimate of drug-likeness (QED) is 0.832. The van der Waals surface area contributed by atoms with Crippen LogP contribution in [0.25, 0.3) is 0 Å². The van der Waals surface area contributed by atoms with Crippen molar-refractivity contribution in [2.45, 2.75) is 13.8 Å². The normalized spacial score (nSPS) is 10.0. The van der Waals surface area contributed by atoms with E-state index < -0.39 is 5.97 Å². The maximum Gasteiger partial charge on any atom is 0.337 e. The molecule has 0 saturated heterocycles. The van der Waals surface area contributed by atoms with Gasteiger partial charge in [0.1, 0.15) is 0 Å². The van der Waals surface area contributed by atoms with Crippen LogP contribution in [0, 0.1) is 13.8 Å². The summed E-state index contributed by atoms with van der Waals surface area (Å²) < 4.78 is 4.70. The number of nitrogens with one attached hydrogen (secondary N) is 2. The van der Waals surface area contributed by atoms with Crippen LogP contribution in [0.5, 0.6) is 0 Å². The largest absolute Gasteiger partial charge is 0.465 e. The molecule has 1 amide bonds. The van der Waals surface area contributed by atoms with Gasteiger partial charge in [0, 0.05) is 11.4 Å². The minimum Gasteiger partial charge on any atom is -0.465 e. The zero-order valence-electron chi connectivity index (χ0n) is 13.5. The molecule has 2 rings (SSSR count). The topological polar surface area (TPSA) is 67.4 Å². The molecule has 0 aliphatic heterocycles. The summed E-state index contributed by atoms with van der Waals surface area (Å²) in [6, 6.07) is 12.8. The summed E-state index contributed by atoms with van der Waals surface area (Å²) in [6.07, 6.45) is 0. The summed E-state index contributed by atoms with van der Waals surface area (Å²) in [5.41, 5.74) is 4.01. The lowest BCUT2D eigenvalue weighted by Gasteiger charge is -2.11. The van der Waals surface area contributed by atoms with Gasteiger partial charge in [-0.05, 0) is 43.7 Å². The Morgan fingerprint density at radius 3 is 2.39 bits per heavy atom. The summed E-state index contributed by atoms with van der Waals surface area (Å²) >= 11 is 0. The van der Waals surface area contributed by atoms with Gasteiger partial charge >= 0.3 is 5.97 Å². The first kappa shape index (κ1) is 16.5. The van der Waals surface area contributed by atoms with Crippen LogP contribution < -0.4 is 10.6 Å². The molecular formula is C18H20N2O3. The zero-order valence-corrected chi connectivity index (χ0v) is 13.5. The number of carbonyl (C=O) groups excluding carboxylic acids is 2. The molecule has 0 fully saturated rings. The number of hydrogen-bond donors (Lipinski definition) is 2. The number of aryl methyl sites for hydroxylation is 2. The van der Waals surface area contributed by atoms with Crippen LogP contribution in [0.4, 0.5) is 11.4 Å². The number of methoxy groups -OCH3 is 1. The van der Waals surface area contributed by atoms with Crippen LogP contribution in [0.3, 0.4) is 0 Å². The van der Waals surface area contributed by atoms with Gasteiger partial charge in [-0.3, -0.25) is 4.79 Å². The fourth-order valence-electron chi connectivity index (χ4n) is 2.07. The Hall–Kier alpha value is -2.82. The Labute approximate surface area is 135 Å². The van der Waals surface area contributed by atoms with Crippen LogP contribution in [0.1, 0.15) is 21.5 Å². The molecule has 0 aliphatic carbocycles. The van der Waals surface area contributed by atoms with Crippen LogP contribution in [0.15, 0.2) is 42.5 Å². The number of rotatable bonds is 5. The van der Waals surface area contributed by atoms with Gasteiger partial charge < -0.3 is 15.4 Å². The van der Waals surface area contributed by atoms with Crippen LogP contribution in [0.2, 0.25) is 0 Å². The van der Waals surface area contributed by atoms with E-state index in [1.54, 1.807) is 12.1 Å². The molecule has 0 atom stereocenters. The second-order valence-electron chi connectivity index (χ2n) is 5.29. The highest BCUT2D eigenvalue weighted by atomic mass is 16.5. The average Bonchev–Trinajstić information content (AvgIpc) is 2.55. The molecule has 120 valence electrons. The highest BCUT2D eigenvalue weighted by molar-refractivity contribution is 5.94. The molecule has 0 unspecified atom stereocenters. The number of hydrogen-bond acceptors (Lipinski definition) is 4. The Morgan fingerprint density at radius 2 is 1.74 bits per heavy atom. The third-order valence-electron chi connectivity index (χ3n) is 3.43. The van der Waals surface area contributed by atoms with Gasteiger partial charge in [-0.2, -0.15) is 0 Å². The summed E-state index contributed by atoms with van der Waals surface area (Å²) in [5, 5.41) is 5.86. The summed E-state index contributed by atoms with van der Waals surface area (Å²) in [6.45, 7) is 4.00. The van der Waals surface area contributed by atoms with Gasteiger partial charge in [0.05, 0.1) is 19.2 Å². The van der Waals surface area contributed by atoms with Crippen molar-refractivity contribution >= 4 is 23.3 Å². The molecule has 0 heterocycles. The van der Waals surface area contributed by atoms with Crippen LogP contribution in [-0.2, 0) is 9.53 Å².